The topological polar surface area (TPSA) is 95.2 Å². The number of pyridine rings is 1. The van der Waals surface area contributed by atoms with Crippen molar-refractivity contribution in [3.05, 3.63) is 23.9 Å². The number of carbonyl (C=O) groups excluding carboxylic acids is 2. The van der Waals surface area contributed by atoms with Crippen molar-refractivity contribution in [1.29, 1.82) is 0 Å². The average molecular weight is 375 g/mol. The first-order valence-corrected chi connectivity index (χ1v) is 8.17. The average Bonchev–Trinajstić information content (AvgIpc) is 2.55. The van der Waals surface area contributed by atoms with Gasteiger partial charge in [-0.25, -0.2) is 9.78 Å². The quantitative estimate of drug-likeness (QED) is 0.524. The Kier molecular flexibility index (Phi) is 7.66. The fraction of sp³-hybridized carbons (Fsp3) is 0.562. The van der Waals surface area contributed by atoms with Crippen molar-refractivity contribution in [2.24, 2.45) is 0 Å². The van der Waals surface area contributed by atoms with Gasteiger partial charge in [-0.15, -0.1) is 0 Å². The van der Waals surface area contributed by atoms with Crippen LogP contribution in [0.25, 0.3) is 0 Å². The summed E-state index contributed by atoms with van der Waals surface area (Å²) in [5.74, 6) is -0.116. The number of alkyl halides is 3. The maximum absolute atomic E-state index is 12.4. The van der Waals surface area contributed by atoms with Crippen LogP contribution < -0.4 is 21.3 Å². The highest BCUT2D eigenvalue weighted by Gasteiger charge is 2.31. The van der Waals surface area contributed by atoms with Crippen molar-refractivity contribution in [3.8, 4) is 0 Å². The monoisotopic (exact) mass is 375 g/mol. The molecule has 0 aliphatic heterocycles. The smallest absolute Gasteiger partial charge is 0.368 e. The first-order valence-electron chi connectivity index (χ1n) is 8.17. The van der Waals surface area contributed by atoms with Crippen LogP contribution >= 0.6 is 0 Å². The van der Waals surface area contributed by atoms with Gasteiger partial charge >= 0.3 is 12.2 Å². The lowest BCUT2D eigenvalue weighted by Gasteiger charge is -2.25. The van der Waals surface area contributed by atoms with Gasteiger partial charge in [-0.05, 0) is 32.4 Å². The van der Waals surface area contributed by atoms with E-state index in [0.29, 0.717) is 6.54 Å². The van der Waals surface area contributed by atoms with Crippen LogP contribution in [-0.4, -0.2) is 42.1 Å². The number of rotatable bonds is 8. The van der Waals surface area contributed by atoms with E-state index in [0.717, 1.165) is 18.7 Å². The molecule has 0 radical (unpaired) electrons. The number of nitrogens with one attached hydrogen (secondary N) is 4. The molecule has 1 rings (SSSR count). The fourth-order valence-corrected chi connectivity index (χ4v) is 1.88. The third kappa shape index (κ3) is 7.16. The van der Waals surface area contributed by atoms with Gasteiger partial charge in [-0.1, -0.05) is 6.92 Å². The molecule has 1 heterocycles. The molecular weight excluding hydrogens is 351 g/mol. The minimum Gasteiger partial charge on any atom is -0.368 e. The molecule has 1 aromatic heterocycles. The lowest BCUT2D eigenvalue weighted by atomic mass is 10.1. The third-order valence-corrected chi connectivity index (χ3v) is 3.34. The number of hydrogen-bond acceptors (Lipinski definition) is 4. The molecular formula is C16H24F3N5O2. The fourth-order valence-electron chi connectivity index (χ4n) is 1.88. The summed E-state index contributed by atoms with van der Waals surface area (Å²) in [6.07, 6.45) is -2.91. The van der Waals surface area contributed by atoms with Crippen molar-refractivity contribution in [3.63, 3.8) is 0 Å². The number of halogens is 3. The molecule has 0 bridgehead atoms. The van der Waals surface area contributed by atoms with Gasteiger partial charge in [-0.2, -0.15) is 13.2 Å². The summed E-state index contributed by atoms with van der Waals surface area (Å²) >= 11 is 0. The minimum absolute atomic E-state index is 0.212. The van der Waals surface area contributed by atoms with E-state index in [1.807, 2.05) is 6.92 Å². The van der Waals surface area contributed by atoms with Crippen LogP contribution in [0.5, 0.6) is 0 Å². The van der Waals surface area contributed by atoms with Gasteiger partial charge in [0.25, 0.3) is 0 Å². The van der Waals surface area contributed by atoms with Gasteiger partial charge in [0.15, 0.2) is 0 Å². The van der Waals surface area contributed by atoms with Crippen LogP contribution in [0.4, 0.5) is 23.8 Å². The molecule has 4 N–H and O–H groups in total. The van der Waals surface area contributed by atoms with Crippen molar-refractivity contribution < 1.29 is 22.8 Å². The highest BCUT2D eigenvalue weighted by molar-refractivity contribution is 5.90. The van der Waals surface area contributed by atoms with Crippen LogP contribution in [0.2, 0.25) is 0 Å². The van der Waals surface area contributed by atoms with E-state index in [1.165, 1.54) is 6.07 Å². The van der Waals surface area contributed by atoms with Gasteiger partial charge in [0.1, 0.15) is 11.4 Å². The molecule has 0 fully saturated rings. The Hall–Kier alpha value is -2.52. The number of nitrogens with zero attached hydrogens (tertiary/aromatic N) is 1. The van der Waals surface area contributed by atoms with Crippen LogP contribution in [0, 0.1) is 0 Å². The molecule has 7 nitrogen and oxygen atoms in total. The van der Waals surface area contributed by atoms with Crippen LogP contribution in [0.3, 0.4) is 0 Å². The van der Waals surface area contributed by atoms with Crippen LogP contribution in [-0.2, 0) is 11.0 Å². The Bertz CT molecular complexity index is 603. The Balaban J connectivity index is 2.38. The second-order valence-electron chi connectivity index (χ2n) is 6.12. The summed E-state index contributed by atoms with van der Waals surface area (Å²) in [5.41, 5.74) is -1.93. The molecule has 0 aliphatic rings. The normalized spacial score (nSPS) is 11.6. The summed E-state index contributed by atoms with van der Waals surface area (Å²) in [7, 11) is 0. The second-order valence-corrected chi connectivity index (χ2v) is 6.12. The molecule has 0 atom stereocenters. The second kappa shape index (κ2) is 9.25. The Morgan fingerprint density at radius 1 is 1.08 bits per heavy atom. The summed E-state index contributed by atoms with van der Waals surface area (Å²) in [5, 5.41) is 10.6. The molecule has 10 heteroatoms. The summed E-state index contributed by atoms with van der Waals surface area (Å²) in [6.45, 7) is 6.03. The van der Waals surface area contributed by atoms with Crippen molar-refractivity contribution in [1.82, 2.24) is 20.9 Å². The zero-order valence-electron chi connectivity index (χ0n) is 15.0. The van der Waals surface area contributed by atoms with E-state index < -0.39 is 23.3 Å². The predicted molar refractivity (Wildman–Crippen MR) is 91.6 cm³/mol. The highest BCUT2D eigenvalue weighted by Crippen LogP contribution is 2.28. The van der Waals surface area contributed by atoms with E-state index in [9.17, 15) is 22.8 Å². The molecule has 0 aliphatic carbocycles. The molecule has 0 aromatic carbocycles. The lowest BCUT2D eigenvalue weighted by molar-refractivity contribution is -0.137. The zero-order valence-corrected chi connectivity index (χ0v) is 15.0. The van der Waals surface area contributed by atoms with E-state index in [2.05, 4.69) is 26.3 Å². The van der Waals surface area contributed by atoms with E-state index in [-0.39, 0.29) is 24.8 Å². The van der Waals surface area contributed by atoms with E-state index in [4.69, 9.17) is 0 Å². The zero-order chi connectivity index (χ0) is 19.8. The molecule has 26 heavy (non-hydrogen) atoms. The maximum atomic E-state index is 12.4. The summed E-state index contributed by atoms with van der Waals surface area (Å²) < 4.78 is 37.3. The van der Waals surface area contributed by atoms with Crippen LogP contribution in [0.15, 0.2) is 18.3 Å². The molecule has 0 saturated carbocycles. The van der Waals surface area contributed by atoms with Crippen molar-refractivity contribution in [2.75, 3.05) is 25.0 Å². The van der Waals surface area contributed by atoms with Gasteiger partial charge in [-0.3, -0.25) is 4.79 Å². The lowest BCUT2D eigenvalue weighted by Crippen LogP contribution is -2.57. The molecule has 0 saturated heterocycles. The Labute approximate surface area is 150 Å². The molecule has 146 valence electrons. The highest BCUT2D eigenvalue weighted by atomic mass is 19.4. The molecule has 0 unspecified atom stereocenters. The SMILES string of the molecule is CCCNC(=O)NC(C)(C)C(=O)NCCNc1ccc(C(F)(F)F)cn1. The predicted octanol–water partition coefficient (Wildman–Crippen LogP) is 2.12. The molecule has 0 spiro atoms. The largest absolute Gasteiger partial charge is 0.417 e. The number of carbonyl (C=O) groups is 2. The van der Waals surface area contributed by atoms with Crippen molar-refractivity contribution >= 4 is 17.8 Å². The Morgan fingerprint density at radius 2 is 1.77 bits per heavy atom. The first-order chi connectivity index (χ1) is 12.1. The minimum atomic E-state index is -4.43. The standard InChI is InChI=1S/C16H24F3N5O2/c1-4-7-22-14(26)24-15(2,3)13(25)21-9-8-20-12-6-5-11(10-23-12)16(17,18)19/h5-6,10H,4,7-9H2,1-3H3,(H,20,23)(H,21,25)(H2,22,24,26). The summed E-state index contributed by atoms with van der Waals surface area (Å²) in [6, 6.07) is 1.71. The Morgan fingerprint density at radius 3 is 2.31 bits per heavy atom. The van der Waals surface area contributed by atoms with E-state index >= 15 is 0 Å². The van der Waals surface area contributed by atoms with Gasteiger partial charge in [0.2, 0.25) is 5.91 Å². The maximum Gasteiger partial charge on any atom is 0.417 e. The molecule has 1 aromatic rings. The van der Waals surface area contributed by atoms with Gasteiger partial charge in [0, 0.05) is 25.8 Å². The van der Waals surface area contributed by atoms with Gasteiger partial charge < -0.3 is 21.3 Å². The summed E-state index contributed by atoms with van der Waals surface area (Å²) in [4.78, 5) is 27.4. The molecule has 3 amide bonds. The van der Waals surface area contributed by atoms with E-state index in [1.54, 1.807) is 13.8 Å². The van der Waals surface area contributed by atoms with Crippen molar-refractivity contribution in [2.45, 2.75) is 38.9 Å². The number of amides is 3. The van der Waals surface area contributed by atoms with Gasteiger partial charge in [0.05, 0.1) is 5.56 Å². The first kappa shape index (κ1) is 21.5. The number of aromatic nitrogens is 1. The number of anilines is 1. The number of hydrogen-bond donors (Lipinski definition) is 4. The van der Waals surface area contributed by atoms with Crippen LogP contribution in [0.1, 0.15) is 32.8 Å². The third-order valence-electron chi connectivity index (χ3n) is 3.34. The number of urea groups is 1.